The van der Waals surface area contributed by atoms with Gasteiger partial charge in [-0.3, -0.25) is 0 Å². The first-order chi connectivity index (χ1) is 18.3. The van der Waals surface area contributed by atoms with Gasteiger partial charge < -0.3 is 14.2 Å². The number of unbranched alkanes of at least 4 members (excludes halogenated alkanes) is 4. The number of para-hydroxylation sites is 1. The van der Waals surface area contributed by atoms with Crippen molar-refractivity contribution in [2.45, 2.75) is 71.1 Å². The van der Waals surface area contributed by atoms with E-state index in [-0.39, 0.29) is 12.3 Å². The van der Waals surface area contributed by atoms with Crippen LogP contribution in [-0.4, -0.2) is 23.9 Å². The van der Waals surface area contributed by atoms with Gasteiger partial charge >= 0.3 is 0 Å². The van der Waals surface area contributed by atoms with Crippen molar-refractivity contribution in [3.63, 3.8) is 0 Å². The molecule has 2 aliphatic rings. The average molecular weight is 499 g/mol. The Hall–Kier alpha value is -3.47. The monoisotopic (exact) mass is 498 g/mol. The standard InChI is InChI=1S/C32H38N2O3/c1-3-5-7-10-22-36-27-19-15-25(16-20-27)32-34-30(28-11-8-9-12-31(28)37-32)23-29(33-34)24-13-17-26(18-14-24)35-21-6-4-2/h8-9,11-20,30,32H,3-7,10,21-23H2,1-2H3/t30-,32-/m0/s1. The van der Waals surface area contributed by atoms with Gasteiger partial charge in [-0.25, -0.2) is 5.01 Å². The molecule has 0 unspecified atom stereocenters. The molecule has 0 spiro atoms. The van der Waals surface area contributed by atoms with Crippen LogP contribution in [0.3, 0.4) is 0 Å². The molecule has 5 rings (SSSR count). The lowest BCUT2D eigenvalue weighted by molar-refractivity contribution is -0.0190. The van der Waals surface area contributed by atoms with E-state index in [1.807, 2.05) is 30.3 Å². The Morgan fingerprint density at radius 2 is 1.46 bits per heavy atom. The molecule has 0 saturated carbocycles. The van der Waals surface area contributed by atoms with Crippen molar-refractivity contribution in [3.05, 3.63) is 89.5 Å². The fourth-order valence-electron chi connectivity index (χ4n) is 4.95. The largest absolute Gasteiger partial charge is 0.494 e. The third-order valence-corrected chi connectivity index (χ3v) is 7.09. The highest BCUT2D eigenvalue weighted by atomic mass is 16.5. The highest BCUT2D eigenvalue weighted by Gasteiger charge is 2.40. The van der Waals surface area contributed by atoms with Gasteiger partial charge in [-0.15, -0.1) is 0 Å². The van der Waals surface area contributed by atoms with Crippen LogP contribution in [0.15, 0.2) is 77.9 Å². The highest BCUT2D eigenvalue weighted by molar-refractivity contribution is 6.02. The maximum Gasteiger partial charge on any atom is 0.213 e. The van der Waals surface area contributed by atoms with Crippen LogP contribution >= 0.6 is 0 Å². The molecule has 0 aliphatic carbocycles. The summed E-state index contributed by atoms with van der Waals surface area (Å²) in [6, 6.07) is 25.1. The Balaban J connectivity index is 1.33. The molecule has 2 aliphatic heterocycles. The van der Waals surface area contributed by atoms with E-state index in [1.54, 1.807) is 0 Å². The van der Waals surface area contributed by atoms with Gasteiger partial charge in [0.1, 0.15) is 17.2 Å². The smallest absolute Gasteiger partial charge is 0.213 e. The molecule has 0 aromatic heterocycles. The molecular formula is C32H38N2O3. The van der Waals surface area contributed by atoms with E-state index in [1.165, 1.54) is 24.8 Å². The van der Waals surface area contributed by atoms with E-state index in [9.17, 15) is 0 Å². The predicted octanol–water partition coefficient (Wildman–Crippen LogP) is 8.07. The summed E-state index contributed by atoms with van der Waals surface area (Å²) in [5.41, 5.74) is 4.45. The maximum atomic E-state index is 6.51. The van der Waals surface area contributed by atoms with E-state index in [4.69, 9.17) is 19.3 Å². The van der Waals surface area contributed by atoms with E-state index in [0.717, 1.165) is 73.0 Å². The quantitative estimate of drug-likeness (QED) is 0.237. The minimum Gasteiger partial charge on any atom is -0.494 e. The summed E-state index contributed by atoms with van der Waals surface area (Å²) in [5.74, 6) is 2.74. The van der Waals surface area contributed by atoms with Crippen molar-refractivity contribution < 1.29 is 14.2 Å². The van der Waals surface area contributed by atoms with Crippen molar-refractivity contribution in [2.75, 3.05) is 13.2 Å². The zero-order valence-electron chi connectivity index (χ0n) is 22.1. The molecule has 3 aromatic rings. The van der Waals surface area contributed by atoms with Crippen LogP contribution in [0, 0.1) is 0 Å². The van der Waals surface area contributed by atoms with Gasteiger partial charge in [0, 0.05) is 17.5 Å². The van der Waals surface area contributed by atoms with Crippen molar-refractivity contribution in [3.8, 4) is 17.2 Å². The minimum atomic E-state index is -0.285. The number of nitrogens with zero attached hydrogens (tertiary/aromatic N) is 2. The lowest BCUT2D eigenvalue weighted by Crippen LogP contribution is -2.33. The van der Waals surface area contributed by atoms with Crippen LogP contribution in [0.25, 0.3) is 0 Å². The van der Waals surface area contributed by atoms with Gasteiger partial charge in [0.05, 0.1) is 25.0 Å². The molecule has 2 atom stereocenters. The lowest BCUT2D eigenvalue weighted by atomic mass is 9.96. The molecule has 0 fully saturated rings. The van der Waals surface area contributed by atoms with Crippen molar-refractivity contribution in [1.29, 1.82) is 0 Å². The highest BCUT2D eigenvalue weighted by Crippen LogP contribution is 2.47. The van der Waals surface area contributed by atoms with Crippen LogP contribution < -0.4 is 14.2 Å². The van der Waals surface area contributed by atoms with Gasteiger partial charge in [-0.2, -0.15) is 5.10 Å². The predicted molar refractivity (Wildman–Crippen MR) is 148 cm³/mol. The summed E-state index contributed by atoms with van der Waals surface area (Å²) in [7, 11) is 0. The summed E-state index contributed by atoms with van der Waals surface area (Å²) in [4.78, 5) is 0. The Morgan fingerprint density at radius 1 is 0.784 bits per heavy atom. The van der Waals surface area contributed by atoms with Crippen molar-refractivity contribution in [1.82, 2.24) is 5.01 Å². The fourth-order valence-corrected chi connectivity index (χ4v) is 4.95. The molecule has 0 amide bonds. The molecule has 0 bridgehead atoms. The van der Waals surface area contributed by atoms with Crippen molar-refractivity contribution in [2.24, 2.45) is 5.10 Å². The van der Waals surface area contributed by atoms with Crippen LogP contribution in [0.5, 0.6) is 17.2 Å². The fraction of sp³-hybridized carbons (Fsp3) is 0.406. The van der Waals surface area contributed by atoms with Gasteiger partial charge in [-0.1, -0.05) is 57.7 Å². The zero-order valence-corrected chi connectivity index (χ0v) is 22.1. The number of hydrogen-bond donors (Lipinski definition) is 0. The summed E-state index contributed by atoms with van der Waals surface area (Å²) in [6.45, 7) is 5.91. The first-order valence-electron chi connectivity index (χ1n) is 13.8. The second-order valence-corrected chi connectivity index (χ2v) is 9.86. The number of benzene rings is 3. The Bertz CT molecular complexity index is 1170. The van der Waals surface area contributed by atoms with Crippen LogP contribution in [0.2, 0.25) is 0 Å². The third-order valence-electron chi connectivity index (χ3n) is 7.09. The maximum absolute atomic E-state index is 6.51. The van der Waals surface area contributed by atoms with E-state index >= 15 is 0 Å². The molecule has 0 N–H and O–H groups in total. The summed E-state index contributed by atoms with van der Waals surface area (Å²) in [5, 5.41) is 7.22. The molecule has 37 heavy (non-hydrogen) atoms. The number of rotatable bonds is 12. The van der Waals surface area contributed by atoms with Crippen LogP contribution in [0.1, 0.15) is 87.8 Å². The Morgan fingerprint density at radius 3 is 2.19 bits per heavy atom. The number of hydrazone groups is 1. The number of ether oxygens (including phenoxy) is 3. The van der Waals surface area contributed by atoms with E-state index in [2.05, 4.69) is 61.3 Å². The first kappa shape index (κ1) is 25.2. The summed E-state index contributed by atoms with van der Waals surface area (Å²) in [6.07, 6.45) is 7.56. The normalized spacial score (nSPS) is 18.0. The third kappa shape index (κ3) is 5.93. The van der Waals surface area contributed by atoms with E-state index in [0.29, 0.717) is 0 Å². The number of hydrogen-bond acceptors (Lipinski definition) is 5. The Labute approximate surface area is 221 Å². The van der Waals surface area contributed by atoms with Gasteiger partial charge in [0.2, 0.25) is 6.23 Å². The summed E-state index contributed by atoms with van der Waals surface area (Å²) >= 11 is 0. The molecule has 2 heterocycles. The van der Waals surface area contributed by atoms with E-state index < -0.39 is 0 Å². The van der Waals surface area contributed by atoms with Gasteiger partial charge in [0.25, 0.3) is 0 Å². The van der Waals surface area contributed by atoms with Crippen LogP contribution in [0.4, 0.5) is 0 Å². The molecule has 194 valence electrons. The SMILES string of the molecule is CCCCCCOc1ccc([C@@H]2Oc3ccccc3[C@@H]3CC(c4ccc(OCCCC)cc4)=NN32)cc1. The summed E-state index contributed by atoms with van der Waals surface area (Å²) < 4.78 is 18.3. The zero-order chi connectivity index (χ0) is 25.5. The first-order valence-corrected chi connectivity index (χ1v) is 13.8. The van der Waals surface area contributed by atoms with Gasteiger partial charge in [-0.05, 0) is 73.0 Å². The Kier molecular flexibility index (Phi) is 8.29. The molecule has 0 radical (unpaired) electrons. The van der Waals surface area contributed by atoms with Crippen molar-refractivity contribution >= 4 is 5.71 Å². The average Bonchev–Trinajstić information content (AvgIpc) is 3.39. The molecule has 5 nitrogen and oxygen atoms in total. The minimum absolute atomic E-state index is 0.139. The number of fused-ring (bicyclic) bond motifs is 3. The second-order valence-electron chi connectivity index (χ2n) is 9.86. The molecule has 0 saturated heterocycles. The topological polar surface area (TPSA) is 43.3 Å². The second kappa shape index (κ2) is 12.2. The van der Waals surface area contributed by atoms with Crippen LogP contribution in [-0.2, 0) is 0 Å². The van der Waals surface area contributed by atoms with Gasteiger partial charge in [0.15, 0.2) is 0 Å². The molecule has 5 heteroatoms. The molecule has 3 aromatic carbocycles. The molecular weight excluding hydrogens is 460 g/mol. The lowest BCUT2D eigenvalue weighted by Gasteiger charge is -2.38.